The van der Waals surface area contributed by atoms with Crippen molar-refractivity contribution in [2.75, 3.05) is 6.54 Å². The van der Waals surface area contributed by atoms with Crippen LogP contribution in [-0.2, 0) is 27.5 Å². The first-order chi connectivity index (χ1) is 10.2. The molecule has 0 saturated heterocycles. The van der Waals surface area contributed by atoms with Gasteiger partial charge in [-0.1, -0.05) is 30.3 Å². The average molecular weight is 288 g/mol. The van der Waals surface area contributed by atoms with Gasteiger partial charge in [-0.05, 0) is 5.56 Å². The Labute approximate surface area is 121 Å². The van der Waals surface area contributed by atoms with Gasteiger partial charge < -0.3 is 10.1 Å². The van der Waals surface area contributed by atoms with Crippen molar-refractivity contribution in [3.63, 3.8) is 0 Å². The lowest BCUT2D eigenvalue weighted by atomic mass is 10.2. The summed E-state index contributed by atoms with van der Waals surface area (Å²) in [7, 11) is 0. The zero-order valence-electron chi connectivity index (χ0n) is 11.4. The van der Waals surface area contributed by atoms with Crippen molar-refractivity contribution in [2.45, 2.75) is 19.6 Å². The smallest absolute Gasteiger partial charge is 0.325 e. The van der Waals surface area contributed by atoms with Crippen LogP contribution in [0.2, 0.25) is 0 Å². The summed E-state index contributed by atoms with van der Waals surface area (Å²) in [5.41, 5.74) is 0.906. The number of rotatable bonds is 7. The maximum Gasteiger partial charge on any atom is 0.325 e. The minimum absolute atomic E-state index is 0.136. The van der Waals surface area contributed by atoms with E-state index in [1.54, 1.807) is 4.68 Å². The zero-order valence-corrected chi connectivity index (χ0v) is 11.4. The molecular weight excluding hydrogens is 272 g/mol. The van der Waals surface area contributed by atoms with E-state index < -0.39 is 5.97 Å². The largest absolute Gasteiger partial charge is 0.460 e. The summed E-state index contributed by atoms with van der Waals surface area (Å²) in [5, 5.41) is 6.39. The molecule has 7 heteroatoms. The molecule has 0 spiro atoms. The van der Waals surface area contributed by atoms with Crippen LogP contribution in [0.25, 0.3) is 0 Å². The number of carbonyl (C=O) groups excluding carboxylic acids is 2. The van der Waals surface area contributed by atoms with Crippen molar-refractivity contribution in [3.05, 3.63) is 48.5 Å². The Kier molecular flexibility index (Phi) is 5.45. The Morgan fingerprint density at radius 1 is 1.24 bits per heavy atom. The van der Waals surface area contributed by atoms with Crippen molar-refractivity contribution in [1.82, 2.24) is 20.1 Å². The van der Waals surface area contributed by atoms with Crippen LogP contribution in [0.3, 0.4) is 0 Å². The van der Waals surface area contributed by atoms with E-state index in [4.69, 9.17) is 4.74 Å². The Bertz CT molecular complexity index is 569. The zero-order chi connectivity index (χ0) is 14.9. The summed E-state index contributed by atoms with van der Waals surface area (Å²) in [6.07, 6.45) is 3.16. The van der Waals surface area contributed by atoms with Gasteiger partial charge >= 0.3 is 5.97 Å². The van der Waals surface area contributed by atoms with Gasteiger partial charge in [-0.2, -0.15) is 5.10 Å². The lowest BCUT2D eigenvalue weighted by Crippen LogP contribution is -2.31. The highest BCUT2D eigenvalue weighted by atomic mass is 16.5. The minimum atomic E-state index is -0.465. The van der Waals surface area contributed by atoms with Crippen LogP contribution in [0.4, 0.5) is 0 Å². The first kappa shape index (κ1) is 14.7. The third-order valence-corrected chi connectivity index (χ3v) is 2.71. The molecule has 0 bridgehead atoms. The summed E-state index contributed by atoms with van der Waals surface area (Å²) in [4.78, 5) is 26.8. The molecule has 1 aromatic heterocycles. The molecule has 1 N–H and O–H groups in total. The molecule has 1 heterocycles. The van der Waals surface area contributed by atoms with Crippen molar-refractivity contribution in [2.24, 2.45) is 0 Å². The molecule has 1 aromatic carbocycles. The number of carbonyl (C=O) groups is 2. The minimum Gasteiger partial charge on any atom is -0.460 e. The predicted octanol–water partition coefficient (Wildman–Crippen LogP) is 0.528. The number of nitrogens with one attached hydrogen (secondary N) is 1. The van der Waals surface area contributed by atoms with E-state index in [9.17, 15) is 9.59 Å². The highest BCUT2D eigenvalue weighted by Gasteiger charge is 2.07. The fourth-order valence-corrected chi connectivity index (χ4v) is 1.61. The lowest BCUT2D eigenvalue weighted by Gasteiger charge is -2.06. The molecule has 110 valence electrons. The fourth-order valence-electron chi connectivity index (χ4n) is 1.61. The van der Waals surface area contributed by atoms with Gasteiger partial charge in [0.2, 0.25) is 5.91 Å². The number of hydrogen-bond donors (Lipinski definition) is 1. The van der Waals surface area contributed by atoms with E-state index in [0.29, 0.717) is 6.54 Å². The SMILES string of the molecule is O=C(CCn1cncn1)NCC(=O)OCc1ccccc1. The number of aryl methyl sites for hydroxylation is 1. The van der Waals surface area contributed by atoms with E-state index >= 15 is 0 Å². The Morgan fingerprint density at radius 2 is 2.05 bits per heavy atom. The predicted molar refractivity (Wildman–Crippen MR) is 73.9 cm³/mol. The number of nitrogens with zero attached hydrogens (tertiary/aromatic N) is 3. The summed E-state index contributed by atoms with van der Waals surface area (Å²) in [6.45, 7) is 0.489. The number of ether oxygens (including phenoxy) is 1. The van der Waals surface area contributed by atoms with Crippen LogP contribution in [0, 0.1) is 0 Å². The van der Waals surface area contributed by atoms with Gasteiger partial charge in [-0.3, -0.25) is 14.3 Å². The second-order valence-electron chi connectivity index (χ2n) is 4.33. The van der Waals surface area contributed by atoms with Crippen LogP contribution >= 0.6 is 0 Å². The summed E-state index contributed by atoms with van der Waals surface area (Å²) in [6, 6.07) is 9.36. The van der Waals surface area contributed by atoms with Gasteiger partial charge in [0, 0.05) is 6.42 Å². The standard InChI is InChI=1S/C14H16N4O3/c19-13(6-7-18-11-15-10-17-18)16-8-14(20)21-9-12-4-2-1-3-5-12/h1-5,10-11H,6-9H2,(H,16,19). The molecular formula is C14H16N4O3. The van der Waals surface area contributed by atoms with Gasteiger partial charge in [-0.15, -0.1) is 0 Å². The van der Waals surface area contributed by atoms with Crippen LogP contribution in [-0.4, -0.2) is 33.2 Å². The molecule has 0 atom stereocenters. The Balaban J connectivity index is 1.61. The maximum atomic E-state index is 11.5. The van der Waals surface area contributed by atoms with Crippen LogP contribution in [0.15, 0.2) is 43.0 Å². The highest BCUT2D eigenvalue weighted by Crippen LogP contribution is 2.00. The first-order valence-corrected chi connectivity index (χ1v) is 6.52. The molecule has 2 rings (SSSR count). The summed E-state index contributed by atoms with van der Waals surface area (Å²) >= 11 is 0. The third-order valence-electron chi connectivity index (χ3n) is 2.71. The van der Waals surface area contributed by atoms with Gasteiger partial charge in [0.15, 0.2) is 0 Å². The average Bonchev–Trinajstić information content (AvgIpc) is 3.03. The molecule has 2 aromatic rings. The molecule has 7 nitrogen and oxygen atoms in total. The highest BCUT2D eigenvalue weighted by molar-refractivity contribution is 5.81. The van der Waals surface area contributed by atoms with E-state index in [0.717, 1.165) is 5.56 Å². The molecule has 0 radical (unpaired) electrons. The quantitative estimate of drug-likeness (QED) is 0.751. The lowest BCUT2D eigenvalue weighted by molar-refractivity contribution is -0.145. The van der Waals surface area contributed by atoms with Gasteiger partial charge in [-0.25, -0.2) is 4.98 Å². The monoisotopic (exact) mass is 288 g/mol. The van der Waals surface area contributed by atoms with E-state index in [1.807, 2.05) is 30.3 Å². The van der Waals surface area contributed by atoms with Crippen LogP contribution < -0.4 is 5.32 Å². The molecule has 0 fully saturated rings. The van der Waals surface area contributed by atoms with Crippen molar-refractivity contribution < 1.29 is 14.3 Å². The molecule has 0 unspecified atom stereocenters. The van der Waals surface area contributed by atoms with Gasteiger partial charge in [0.25, 0.3) is 0 Å². The number of hydrogen-bond acceptors (Lipinski definition) is 5. The molecule has 0 aliphatic carbocycles. The van der Waals surface area contributed by atoms with E-state index in [-0.39, 0.29) is 25.5 Å². The number of amides is 1. The molecule has 0 aliphatic heterocycles. The normalized spacial score (nSPS) is 10.1. The molecule has 0 saturated carbocycles. The molecule has 21 heavy (non-hydrogen) atoms. The molecule has 0 aliphatic rings. The van der Waals surface area contributed by atoms with Crippen LogP contribution in [0.5, 0.6) is 0 Å². The topological polar surface area (TPSA) is 86.1 Å². The second kappa shape index (κ2) is 7.78. The number of benzene rings is 1. The van der Waals surface area contributed by atoms with Crippen LogP contribution in [0.1, 0.15) is 12.0 Å². The van der Waals surface area contributed by atoms with Gasteiger partial charge in [0.1, 0.15) is 25.8 Å². The van der Waals surface area contributed by atoms with E-state index in [1.165, 1.54) is 12.7 Å². The van der Waals surface area contributed by atoms with Crippen molar-refractivity contribution in [3.8, 4) is 0 Å². The number of aromatic nitrogens is 3. The maximum absolute atomic E-state index is 11.5. The first-order valence-electron chi connectivity index (χ1n) is 6.52. The third kappa shape index (κ3) is 5.43. The Morgan fingerprint density at radius 3 is 2.76 bits per heavy atom. The van der Waals surface area contributed by atoms with Crippen molar-refractivity contribution >= 4 is 11.9 Å². The van der Waals surface area contributed by atoms with Gasteiger partial charge in [0.05, 0.1) is 6.54 Å². The van der Waals surface area contributed by atoms with Crippen molar-refractivity contribution in [1.29, 1.82) is 0 Å². The summed E-state index contributed by atoms with van der Waals surface area (Å²) < 4.78 is 6.60. The fraction of sp³-hybridized carbons (Fsp3) is 0.286. The number of esters is 1. The summed E-state index contributed by atoms with van der Waals surface area (Å²) in [5.74, 6) is -0.699. The second-order valence-corrected chi connectivity index (χ2v) is 4.33. The van der Waals surface area contributed by atoms with E-state index in [2.05, 4.69) is 15.4 Å². The molecule has 1 amide bonds. The Hall–Kier alpha value is -2.70.